The molecule has 1 rings (SSSR count). The fourth-order valence-electron chi connectivity index (χ4n) is 1.66. The number of hydrogen-bond acceptors (Lipinski definition) is 3. The van der Waals surface area contributed by atoms with Gasteiger partial charge in [0.25, 0.3) is 0 Å². The molecule has 1 aromatic carbocycles. The summed E-state index contributed by atoms with van der Waals surface area (Å²) < 4.78 is 0. The van der Waals surface area contributed by atoms with Gasteiger partial charge < -0.3 is 20.8 Å². The number of carboxylic acid groups (broad SMARTS) is 1. The van der Waals surface area contributed by atoms with Gasteiger partial charge >= 0.3 is 12.0 Å². The lowest BCUT2D eigenvalue weighted by Crippen LogP contribution is -2.43. The number of anilines is 1. The van der Waals surface area contributed by atoms with Gasteiger partial charge in [-0.3, -0.25) is 0 Å². The van der Waals surface area contributed by atoms with E-state index in [2.05, 4.69) is 10.6 Å². The number of nitrogens with one attached hydrogen (secondary N) is 2. The van der Waals surface area contributed by atoms with Gasteiger partial charge in [-0.1, -0.05) is 37.0 Å². The van der Waals surface area contributed by atoms with Crippen molar-refractivity contribution in [2.75, 3.05) is 5.32 Å². The Hall–Kier alpha value is -1.66. The number of rotatable bonds is 5. The number of benzene rings is 1. The number of carbonyl (C=O) groups excluding carboxylic acids is 1. The van der Waals surface area contributed by atoms with Crippen molar-refractivity contribution in [3.63, 3.8) is 0 Å². The van der Waals surface area contributed by atoms with E-state index in [1.807, 2.05) is 13.8 Å². The molecule has 4 N–H and O–H groups in total. The molecule has 1 aromatic rings. The van der Waals surface area contributed by atoms with Gasteiger partial charge in [0, 0.05) is 5.69 Å². The molecule has 0 bridgehead atoms. The molecule has 0 radical (unpaired) electrons. The number of phenolic OH excluding ortho intramolecular Hbond substituents is 1. The van der Waals surface area contributed by atoms with Crippen LogP contribution >= 0.6 is 23.2 Å². The highest BCUT2D eigenvalue weighted by Crippen LogP contribution is 2.34. The number of amides is 2. The van der Waals surface area contributed by atoms with Crippen LogP contribution in [0.3, 0.4) is 0 Å². The van der Waals surface area contributed by atoms with Crippen molar-refractivity contribution in [3.8, 4) is 5.75 Å². The Bertz CT molecular complexity index is 526. The topological polar surface area (TPSA) is 98.7 Å². The van der Waals surface area contributed by atoms with E-state index < -0.39 is 18.0 Å². The summed E-state index contributed by atoms with van der Waals surface area (Å²) in [7, 11) is 0. The molecule has 0 aliphatic carbocycles. The average molecular weight is 335 g/mol. The highest BCUT2D eigenvalue weighted by molar-refractivity contribution is 6.37. The Kier molecular flexibility index (Phi) is 6.11. The Labute approximate surface area is 132 Å². The van der Waals surface area contributed by atoms with Crippen LogP contribution in [0.2, 0.25) is 10.0 Å². The fraction of sp³-hybridized carbons (Fsp3) is 0.385. The summed E-state index contributed by atoms with van der Waals surface area (Å²) in [5, 5.41) is 23.2. The standard InChI is InChI=1S/C13H16Cl2N2O4/c1-6(2)3-10(12(19)20)17-13(21)16-7-4-8(14)11(18)9(15)5-7/h4-6,10,18H,3H2,1-2H3,(H,19,20)(H2,16,17,21). The highest BCUT2D eigenvalue weighted by Gasteiger charge is 2.21. The van der Waals surface area contributed by atoms with E-state index in [1.165, 1.54) is 12.1 Å². The number of aromatic hydroxyl groups is 1. The van der Waals surface area contributed by atoms with Crippen LogP contribution in [-0.2, 0) is 4.79 Å². The number of halogens is 2. The molecular formula is C13H16Cl2N2O4. The molecule has 0 saturated carbocycles. The van der Waals surface area contributed by atoms with Gasteiger partial charge in [0.15, 0.2) is 5.75 Å². The van der Waals surface area contributed by atoms with Gasteiger partial charge in [-0.05, 0) is 24.5 Å². The monoisotopic (exact) mass is 334 g/mol. The molecule has 116 valence electrons. The van der Waals surface area contributed by atoms with Gasteiger partial charge in [-0.15, -0.1) is 0 Å². The lowest BCUT2D eigenvalue weighted by molar-refractivity contribution is -0.139. The first-order valence-electron chi connectivity index (χ1n) is 6.19. The van der Waals surface area contributed by atoms with Crippen LogP contribution in [0.4, 0.5) is 10.5 Å². The van der Waals surface area contributed by atoms with Gasteiger partial charge in [-0.25, -0.2) is 9.59 Å². The predicted molar refractivity (Wildman–Crippen MR) is 81.2 cm³/mol. The van der Waals surface area contributed by atoms with Gasteiger partial charge in [-0.2, -0.15) is 0 Å². The van der Waals surface area contributed by atoms with Crippen molar-refractivity contribution < 1.29 is 19.8 Å². The second kappa shape index (κ2) is 7.38. The smallest absolute Gasteiger partial charge is 0.326 e. The van der Waals surface area contributed by atoms with Crippen molar-refractivity contribution >= 4 is 40.9 Å². The lowest BCUT2D eigenvalue weighted by atomic mass is 10.0. The first-order chi connectivity index (χ1) is 9.70. The first kappa shape index (κ1) is 17.4. The van der Waals surface area contributed by atoms with Crippen molar-refractivity contribution in [2.24, 2.45) is 5.92 Å². The zero-order chi connectivity index (χ0) is 16.2. The zero-order valence-electron chi connectivity index (χ0n) is 11.5. The molecule has 0 fully saturated rings. The largest absolute Gasteiger partial charge is 0.505 e. The van der Waals surface area contributed by atoms with Crippen LogP contribution in [0, 0.1) is 5.92 Å². The van der Waals surface area contributed by atoms with Crippen LogP contribution in [0.1, 0.15) is 20.3 Å². The molecule has 1 unspecified atom stereocenters. The van der Waals surface area contributed by atoms with Crippen molar-refractivity contribution in [2.45, 2.75) is 26.3 Å². The third kappa shape index (κ3) is 5.32. The molecule has 0 aliphatic rings. The fourth-order valence-corrected chi connectivity index (χ4v) is 2.14. The third-order valence-electron chi connectivity index (χ3n) is 2.59. The number of hydrogen-bond donors (Lipinski definition) is 4. The lowest BCUT2D eigenvalue weighted by Gasteiger charge is -2.17. The van der Waals surface area contributed by atoms with Gasteiger partial charge in [0.2, 0.25) is 0 Å². The van der Waals surface area contributed by atoms with Crippen LogP contribution in [0.25, 0.3) is 0 Å². The second-order valence-corrected chi connectivity index (χ2v) is 5.72. The summed E-state index contributed by atoms with van der Waals surface area (Å²) in [6.07, 6.45) is 0.305. The molecule has 8 heteroatoms. The summed E-state index contributed by atoms with van der Waals surface area (Å²) in [6.45, 7) is 3.71. The number of carboxylic acids is 1. The van der Waals surface area contributed by atoms with Gasteiger partial charge in [0.1, 0.15) is 6.04 Å². The van der Waals surface area contributed by atoms with Crippen LogP contribution in [0.5, 0.6) is 5.75 Å². The van der Waals surface area contributed by atoms with Crippen LogP contribution in [0.15, 0.2) is 12.1 Å². The molecule has 0 heterocycles. The van der Waals surface area contributed by atoms with E-state index in [9.17, 15) is 14.7 Å². The van der Waals surface area contributed by atoms with E-state index >= 15 is 0 Å². The average Bonchev–Trinajstić information content (AvgIpc) is 2.34. The number of aliphatic carboxylic acids is 1. The maximum atomic E-state index is 11.8. The summed E-state index contributed by atoms with van der Waals surface area (Å²) in [5.74, 6) is -1.28. The maximum Gasteiger partial charge on any atom is 0.326 e. The van der Waals surface area contributed by atoms with Crippen molar-refractivity contribution in [1.29, 1.82) is 0 Å². The molecule has 2 amide bonds. The molecule has 1 atom stereocenters. The van der Waals surface area contributed by atoms with Crippen LogP contribution < -0.4 is 10.6 Å². The Morgan fingerprint density at radius 3 is 2.19 bits per heavy atom. The minimum absolute atomic E-state index is 0.0187. The molecular weight excluding hydrogens is 319 g/mol. The van der Waals surface area contributed by atoms with Crippen molar-refractivity contribution in [1.82, 2.24) is 5.32 Å². The van der Waals surface area contributed by atoms with Crippen molar-refractivity contribution in [3.05, 3.63) is 22.2 Å². The summed E-state index contributed by atoms with van der Waals surface area (Å²) in [5.41, 5.74) is 0.244. The minimum Gasteiger partial charge on any atom is -0.505 e. The minimum atomic E-state index is -1.11. The molecule has 6 nitrogen and oxygen atoms in total. The Morgan fingerprint density at radius 1 is 1.24 bits per heavy atom. The third-order valence-corrected chi connectivity index (χ3v) is 3.16. The van der Waals surface area contributed by atoms with E-state index in [-0.39, 0.29) is 27.4 Å². The van der Waals surface area contributed by atoms with E-state index in [0.717, 1.165) is 0 Å². The second-order valence-electron chi connectivity index (χ2n) is 4.91. The molecule has 0 saturated heterocycles. The summed E-state index contributed by atoms with van der Waals surface area (Å²) in [6, 6.07) is 0.926. The Balaban J connectivity index is 2.74. The maximum absolute atomic E-state index is 11.8. The molecule has 0 aliphatic heterocycles. The van der Waals surface area contributed by atoms with E-state index in [0.29, 0.717) is 6.42 Å². The number of urea groups is 1. The molecule has 21 heavy (non-hydrogen) atoms. The van der Waals surface area contributed by atoms with Crippen LogP contribution in [-0.4, -0.2) is 28.3 Å². The zero-order valence-corrected chi connectivity index (χ0v) is 13.0. The molecule has 0 spiro atoms. The van der Waals surface area contributed by atoms with E-state index in [4.69, 9.17) is 28.3 Å². The first-order valence-corrected chi connectivity index (χ1v) is 6.94. The number of carbonyl (C=O) groups is 2. The number of phenols is 1. The molecule has 0 aromatic heterocycles. The summed E-state index contributed by atoms with van der Waals surface area (Å²) >= 11 is 11.5. The Morgan fingerprint density at radius 2 is 1.76 bits per heavy atom. The van der Waals surface area contributed by atoms with Gasteiger partial charge in [0.05, 0.1) is 10.0 Å². The van der Waals surface area contributed by atoms with E-state index in [1.54, 1.807) is 0 Å². The predicted octanol–water partition coefficient (Wildman–Crippen LogP) is 3.32. The highest BCUT2D eigenvalue weighted by atomic mass is 35.5. The summed E-state index contributed by atoms with van der Waals surface area (Å²) in [4.78, 5) is 22.8. The quantitative estimate of drug-likeness (QED) is 0.620. The normalized spacial score (nSPS) is 12.0. The SMILES string of the molecule is CC(C)CC(NC(=O)Nc1cc(Cl)c(O)c(Cl)c1)C(=O)O.